The molecule has 3 rings (SSSR count). The third kappa shape index (κ3) is 3.10. The number of nitrogens with zero attached hydrogens (tertiary/aromatic N) is 1. The van der Waals surface area contributed by atoms with Crippen LogP contribution in [-0.2, 0) is 19.4 Å². The van der Waals surface area contributed by atoms with Crippen molar-refractivity contribution in [1.29, 1.82) is 0 Å². The molecule has 1 heterocycles. The van der Waals surface area contributed by atoms with Gasteiger partial charge in [0.05, 0.1) is 5.69 Å². The largest absolute Gasteiger partial charge is 0.308 e. The van der Waals surface area contributed by atoms with Crippen molar-refractivity contribution >= 4 is 11.3 Å². The van der Waals surface area contributed by atoms with Crippen molar-refractivity contribution in [3.05, 3.63) is 51.5 Å². The van der Waals surface area contributed by atoms with Crippen LogP contribution in [0.4, 0.5) is 0 Å². The second-order valence-corrected chi connectivity index (χ2v) is 7.03. The molecule has 0 saturated carbocycles. The molecule has 1 aliphatic carbocycles. The first-order chi connectivity index (χ1) is 9.72. The Bertz CT molecular complexity index is 560. The summed E-state index contributed by atoms with van der Waals surface area (Å²) in [5, 5.41) is 4.71. The second-order valence-electron chi connectivity index (χ2n) is 5.86. The molecule has 0 bridgehead atoms. The summed E-state index contributed by atoms with van der Waals surface area (Å²) < 4.78 is 0. The molecule has 0 radical (unpaired) electrons. The van der Waals surface area contributed by atoms with Crippen LogP contribution in [0.2, 0.25) is 0 Å². The van der Waals surface area contributed by atoms with Crippen LogP contribution >= 0.6 is 11.3 Å². The molecule has 1 N–H and O–H groups in total. The summed E-state index contributed by atoms with van der Waals surface area (Å²) in [6.07, 6.45) is 3.53. The molecule has 0 saturated heterocycles. The molecule has 1 aromatic heterocycles. The third-order valence-electron chi connectivity index (χ3n) is 3.92. The Morgan fingerprint density at radius 2 is 2.10 bits per heavy atom. The predicted molar refractivity (Wildman–Crippen MR) is 85.3 cm³/mol. The Balaban J connectivity index is 1.71. The van der Waals surface area contributed by atoms with E-state index >= 15 is 0 Å². The summed E-state index contributed by atoms with van der Waals surface area (Å²) in [7, 11) is 0. The molecule has 0 aliphatic heterocycles. The average Bonchev–Trinajstić information content (AvgIpc) is 2.88. The number of hydrogen-bond donors (Lipinski definition) is 1. The molecule has 1 aromatic carbocycles. The smallest absolute Gasteiger partial charge is 0.107 e. The molecule has 3 heteroatoms. The standard InChI is InChI=1S/C17H22N2S/c1-12(2)18-11-17-19-15-9-8-14(10-16(15)20-17)13-6-4-3-5-7-13/h3-7,12,14,18H,8-11H2,1-2H3. The Morgan fingerprint density at radius 3 is 2.85 bits per heavy atom. The Kier molecular flexibility index (Phi) is 4.18. The first kappa shape index (κ1) is 13.8. The van der Waals surface area contributed by atoms with Crippen LogP contribution in [0.15, 0.2) is 30.3 Å². The van der Waals surface area contributed by atoms with Crippen LogP contribution in [-0.4, -0.2) is 11.0 Å². The fraction of sp³-hybridized carbons (Fsp3) is 0.471. The zero-order chi connectivity index (χ0) is 13.9. The summed E-state index contributed by atoms with van der Waals surface area (Å²) in [6, 6.07) is 11.4. The van der Waals surface area contributed by atoms with Gasteiger partial charge in [0, 0.05) is 17.5 Å². The second kappa shape index (κ2) is 6.06. The maximum atomic E-state index is 4.81. The molecular weight excluding hydrogens is 264 g/mol. The quantitative estimate of drug-likeness (QED) is 0.921. The van der Waals surface area contributed by atoms with E-state index in [0.717, 1.165) is 13.0 Å². The first-order valence-corrected chi connectivity index (χ1v) is 8.30. The highest BCUT2D eigenvalue weighted by atomic mass is 32.1. The molecule has 0 amide bonds. The van der Waals surface area contributed by atoms with Gasteiger partial charge in [-0.1, -0.05) is 44.2 Å². The molecule has 0 spiro atoms. The first-order valence-electron chi connectivity index (χ1n) is 7.48. The van der Waals surface area contributed by atoms with Crippen molar-refractivity contribution in [3.8, 4) is 0 Å². The zero-order valence-electron chi connectivity index (χ0n) is 12.2. The van der Waals surface area contributed by atoms with Gasteiger partial charge in [-0.3, -0.25) is 0 Å². The summed E-state index contributed by atoms with van der Waals surface area (Å²) >= 11 is 1.90. The van der Waals surface area contributed by atoms with E-state index in [4.69, 9.17) is 4.98 Å². The molecule has 1 unspecified atom stereocenters. The molecule has 2 aromatic rings. The van der Waals surface area contributed by atoms with E-state index in [-0.39, 0.29) is 0 Å². The van der Waals surface area contributed by atoms with Crippen molar-refractivity contribution in [2.75, 3.05) is 0 Å². The van der Waals surface area contributed by atoms with Crippen molar-refractivity contribution in [2.45, 2.75) is 51.6 Å². The van der Waals surface area contributed by atoms with Gasteiger partial charge in [-0.15, -0.1) is 11.3 Å². The van der Waals surface area contributed by atoms with Crippen LogP contribution in [0.3, 0.4) is 0 Å². The fourth-order valence-corrected chi connectivity index (χ4v) is 3.95. The van der Waals surface area contributed by atoms with Gasteiger partial charge in [-0.25, -0.2) is 4.98 Å². The van der Waals surface area contributed by atoms with Crippen molar-refractivity contribution < 1.29 is 0 Å². The molecule has 1 atom stereocenters. The third-order valence-corrected chi connectivity index (χ3v) is 5.04. The number of aryl methyl sites for hydroxylation is 1. The van der Waals surface area contributed by atoms with Crippen LogP contribution in [0.25, 0.3) is 0 Å². The van der Waals surface area contributed by atoms with Gasteiger partial charge in [0.2, 0.25) is 0 Å². The van der Waals surface area contributed by atoms with E-state index in [1.165, 1.54) is 34.0 Å². The van der Waals surface area contributed by atoms with Gasteiger partial charge in [-0.05, 0) is 30.7 Å². The minimum absolute atomic E-state index is 0.521. The number of aromatic nitrogens is 1. The fourth-order valence-electron chi connectivity index (χ4n) is 2.81. The van der Waals surface area contributed by atoms with E-state index in [1.807, 2.05) is 11.3 Å². The molecule has 2 nitrogen and oxygen atoms in total. The van der Waals surface area contributed by atoms with E-state index in [2.05, 4.69) is 49.5 Å². The van der Waals surface area contributed by atoms with E-state index < -0.39 is 0 Å². The molecular formula is C17H22N2S. The van der Waals surface area contributed by atoms with Crippen LogP contribution in [0.1, 0.15) is 47.3 Å². The lowest BCUT2D eigenvalue weighted by Gasteiger charge is -2.21. The van der Waals surface area contributed by atoms with Crippen molar-refractivity contribution in [1.82, 2.24) is 10.3 Å². The molecule has 20 heavy (non-hydrogen) atoms. The summed E-state index contributed by atoms with van der Waals surface area (Å²) in [5.74, 6) is 0.676. The van der Waals surface area contributed by atoms with Gasteiger partial charge >= 0.3 is 0 Å². The lowest BCUT2D eigenvalue weighted by Crippen LogP contribution is -2.21. The summed E-state index contributed by atoms with van der Waals surface area (Å²) in [5.41, 5.74) is 2.83. The highest BCUT2D eigenvalue weighted by molar-refractivity contribution is 7.11. The topological polar surface area (TPSA) is 24.9 Å². The molecule has 1 aliphatic rings. The van der Waals surface area contributed by atoms with Crippen molar-refractivity contribution in [3.63, 3.8) is 0 Å². The van der Waals surface area contributed by atoms with E-state index in [9.17, 15) is 0 Å². The number of benzene rings is 1. The number of rotatable bonds is 4. The Labute approximate surface area is 125 Å². The highest BCUT2D eigenvalue weighted by Crippen LogP contribution is 2.35. The minimum Gasteiger partial charge on any atom is -0.308 e. The lowest BCUT2D eigenvalue weighted by atomic mass is 9.85. The normalized spacial score (nSPS) is 18.2. The highest BCUT2D eigenvalue weighted by Gasteiger charge is 2.23. The summed E-state index contributed by atoms with van der Waals surface area (Å²) in [6.45, 7) is 5.27. The summed E-state index contributed by atoms with van der Waals surface area (Å²) in [4.78, 5) is 6.31. The van der Waals surface area contributed by atoms with E-state index in [0.29, 0.717) is 12.0 Å². The van der Waals surface area contributed by atoms with Gasteiger partial charge < -0.3 is 5.32 Å². The van der Waals surface area contributed by atoms with Crippen LogP contribution in [0.5, 0.6) is 0 Å². The number of fused-ring (bicyclic) bond motifs is 1. The van der Waals surface area contributed by atoms with E-state index in [1.54, 1.807) is 0 Å². The van der Waals surface area contributed by atoms with Gasteiger partial charge in [-0.2, -0.15) is 0 Å². The number of thiazole rings is 1. The van der Waals surface area contributed by atoms with Crippen LogP contribution < -0.4 is 5.32 Å². The maximum absolute atomic E-state index is 4.81. The average molecular weight is 286 g/mol. The maximum Gasteiger partial charge on any atom is 0.107 e. The number of nitrogens with one attached hydrogen (secondary N) is 1. The SMILES string of the molecule is CC(C)NCc1nc2c(s1)CC(c1ccccc1)CC2. The molecule has 106 valence electrons. The van der Waals surface area contributed by atoms with Gasteiger partial charge in [0.15, 0.2) is 0 Å². The number of hydrogen-bond acceptors (Lipinski definition) is 3. The lowest BCUT2D eigenvalue weighted by molar-refractivity contribution is 0.574. The minimum atomic E-state index is 0.521. The Hall–Kier alpha value is -1.19. The van der Waals surface area contributed by atoms with Crippen molar-refractivity contribution in [2.24, 2.45) is 0 Å². The molecule has 0 fully saturated rings. The van der Waals surface area contributed by atoms with Gasteiger partial charge in [0.25, 0.3) is 0 Å². The zero-order valence-corrected chi connectivity index (χ0v) is 13.0. The monoisotopic (exact) mass is 286 g/mol. The predicted octanol–water partition coefficient (Wildman–Crippen LogP) is 3.91. The van der Waals surface area contributed by atoms with Gasteiger partial charge in [0.1, 0.15) is 5.01 Å². The Morgan fingerprint density at radius 1 is 1.30 bits per heavy atom. The van der Waals surface area contributed by atoms with Crippen LogP contribution in [0, 0.1) is 0 Å².